The van der Waals surface area contributed by atoms with Gasteiger partial charge < -0.3 is 18.8 Å². The quantitative estimate of drug-likeness (QED) is 0.826. The van der Waals surface area contributed by atoms with E-state index in [4.69, 9.17) is 13.9 Å². The van der Waals surface area contributed by atoms with Crippen LogP contribution in [0.3, 0.4) is 0 Å². The first kappa shape index (κ1) is 16.6. The Morgan fingerprint density at radius 1 is 1.04 bits per heavy atom. The molecule has 1 amide bonds. The summed E-state index contributed by atoms with van der Waals surface area (Å²) in [6, 6.07) is 5.60. The van der Waals surface area contributed by atoms with Crippen molar-refractivity contribution in [3.63, 3.8) is 0 Å². The highest BCUT2D eigenvalue weighted by molar-refractivity contribution is 5.79. The van der Waals surface area contributed by atoms with Crippen LogP contribution in [-0.2, 0) is 4.79 Å². The van der Waals surface area contributed by atoms with E-state index in [0.717, 1.165) is 43.5 Å². The number of aromatic nitrogens is 2. The van der Waals surface area contributed by atoms with E-state index < -0.39 is 0 Å². The summed E-state index contributed by atoms with van der Waals surface area (Å²) in [5.41, 5.74) is 0.813. The first-order chi connectivity index (χ1) is 13.3. The number of rotatable bonds is 3. The lowest BCUT2D eigenvalue weighted by atomic mass is 9.96. The molecule has 1 aromatic carbocycles. The van der Waals surface area contributed by atoms with E-state index in [1.165, 1.54) is 12.8 Å². The molecule has 1 atom stereocenters. The lowest BCUT2D eigenvalue weighted by molar-refractivity contribution is -0.136. The maximum Gasteiger partial charge on any atom is 0.247 e. The third kappa shape index (κ3) is 3.15. The molecule has 3 aliphatic rings. The Hall–Kier alpha value is -2.57. The van der Waals surface area contributed by atoms with Crippen LogP contribution in [-0.4, -0.2) is 40.9 Å². The van der Waals surface area contributed by atoms with Crippen molar-refractivity contribution in [2.45, 2.75) is 44.4 Å². The van der Waals surface area contributed by atoms with Crippen molar-refractivity contribution < 1.29 is 18.7 Å². The normalized spacial score (nSPS) is 22.4. The number of ether oxygens (including phenoxy) is 2. The van der Waals surface area contributed by atoms with Crippen molar-refractivity contribution in [3.05, 3.63) is 24.1 Å². The molecule has 3 heterocycles. The number of carbonyl (C=O) groups excluding carboxylic acids is 1. The lowest BCUT2D eigenvalue weighted by Gasteiger charge is -2.32. The molecule has 1 aromatic heterocycles. The third-order valence-electron chi connectivity index (χ3n) is 5.85. The van der Waals surface area contributed by atoms with Crippen molar-refractivity contribution in [2.75, 3.05) is 19.9 Å². The molecule has 0 radical (unpaired) electrons. The number of likely N-dealkylation sites (tertiary alicyclic amines) is 1. The van der Waals surface area contributed by atoms with Crippen molar-refractivity contribution in [1.82, 2.24) is 15.1 Å². The molecule has 1 aliphatic carbocycles. The molecule has 0 bridgehead atoms. The minimum Gasteiger partial charge on any atom is -0.454 e. The molecule has 0 N–H and O–H groups in total. The molecular weight excluding hydrogens is 346 g/mol. The zero-order chi connectivity index (χ0) is 18.2. The van der Waals surface area contributed by atoms with Crippen LogP contribution in [0, 0.1) is 5.92 Å². The predicted octanol–water partition coefficient (Wildman–Crippen LogP) is 3.36. The fourth-order valence-electron chi connectivity index (χ4n) is 4.36. The van der Waals surface area contributed by atoms with Gasteiger partial charge >= 0.3 is 0 Å². The van der Waals surface area contributed by atoms with Crippen LogP contribution in [0.2, 0.25) is 0 Å². The minimum atomic E-state index is 0.111. The SMILES string of the molecule is O=C(C1CCCC1)N1CCCC(c2nnc(-c3ccc4c(c3)OCO4)o2)C1. The topological polar surface area (TPSA) is 77.7 Å². The number of carbonyl (C=O) groups is 1. The maximum absolute atomic E-state index is 12.7. The van der Waals surface area contributed by atoms with Crippen LogP contribution in [0.5, 0.6) is 11.5 Å². The van der Waals surface area contributed by atoms with Crippen molar-refractivity contribution in [3.8, 4) is 23.0 Å². The predicted molar refractivity (Wildman–Crippen MR) is 96.4 cm³/mol. The van der Waals surface area contributed by atoms with Gasteiger partial charge in [-0.25, -0.2) is 0 Å². The summed E-state index contributed by atoms with van der Waals surface area (Å²) in [7, 11) is 0. The first-order valence-electron chi connectivity index (χ1n) is 9.80. The number of hydrogen-bond acceptors (Lipinski definition) is 6. The van der Waals surface area contributed by atoms with Crippen LogP contribution in [0.15, 0.2) is 22.6 Å². The Bertz CT molecular complexity index is 844. The van der Waals surface area contributed by atoms with Gasteiger partial charge in [0.15, 0.2) is 11.5 Å². The maximum atomic E-state index is 12.7. The van der Waals surface area contributed by atoms with E-state index >= 15 is 0 Å². The number of hydrogen-bond donors (Lipinski definition) is 0. The monoisotopic (exact) mass is 369 g/mol. The van der Waals surface area contributed by atoms with Gasteiger partial charge in [-0.2, -0.15) is 0 Å². The molecule has 7 nitrogen and oxygen atoms in total. The summed E-state index contributed by atoms with van der Waals surface area (Å²) in [4.78, 5) is 14.8. The zero-order valence-corrected chi connectivity index (χ0v) is 15.2. The molecule has 1 saturated heterocycles. The molecule has 2 fully saturated rings. The molecule has 27 heavy (non-hydrogen) atoms. The van der Waals surface area contributed by atoms with Gasteiger partial charge in [0.05, 0.1) is 5.92 Å². The Kier molecular flexibility index (Phi) is 4.22. The van der Waals surface area contributed by atoms with E-state index in [1.807, 2.05) is 23.1 Å². The molecule has 1 saturated carbocycles. The molecule has 7 heteroatoms. The fraction of sp³-hybridized carbons (Fsp3) is 0.550. The van der Waals surface area contributed by atoms with E-state index in [1.54, 1.807) is 0 Å². The molecular formula is C20H23N3O4. The van der Waals surface area contributed by atoms with Crippen LogP contribution < -0.4 is 9.47 Å². The van der Waals surface area contributed by atoms with Gasteiger partial charge in [-0.3, -0.25) is 4.79 Å². The summed E-state index contributed by atoms with van der Waals surface area (Å²) in [6.45, 7) is 1.76. The number of nitrogens with zero attached hydrogens (tertiary/aromatic N) is 3. The Labute approximate surface area is 157 Å². The second-order valence-corrected chi connectivity index (χ2v) is 7.62. The zero-order valence-electron chi connectivity index (χ0n) is 15.2. The molecule has 5 rings (SSSR count). The van der Waals surface area contributed by atoms with Crippen LogP contribution in [0.4, 0.5) is 0 Å². The van der Waals surface area contributed by atoms with Gasteiger partial charge in [0, 0.05) is 24.6 Å². The van der Waals surface area contributed by atoms with Crippen LogP contribution in [0.25, 0.3) is 11.5 Å². The van der Waals surface area contributed by atoms with E-state index in [9.17, 15) is 4.79 Å². The van der Waals surface area contributed by atoms with Crippen molar-refractivity contribution in [1.29, 1.82) is 0 Å². The van der Waals surface area contributed by atoms with Gasteiger partial charge in [0.2, 0.25) is 24.5 Å². The van der Waals surface area contributed by atoms with Gasteiger partial charge in [0.1, 0.15) is 0 Å². The Balaban J connectivity index is 1.31. The molecule has 1 unspecified atom stereocenters. The second kappa shape index (κ2) is 6.87. The highest BCUT2D eigenvalue weighted by atomic mass is 16.7. The molecule has 142 valence electrons. The van der Waals surface area contributed by atoms with E-state index in [0.29, 0.717) is 30.0 Å². The number of benzene rings is 1. The average Bonchev–Trinajstić information content (AvgIpc) is 3.48. The standard InChI is InChI=1S/C20H23N3O4/c24-20(13-4-1-2-5-13)23-9-3-6-15(11-23)19-22-21-18(27-19)14-7-8-16-17(10-14)26-12-25-16/h7-8,10,13,15H,1-6,9,11-12H2. The van der Waals surface area contributed by atoms with Gasteiger partial charge in [0.25, 0.3) is 0 Å². The van der Waals surface area contributed by atoms with Crippen LogP contribution in [0.1, 0.15) is 50.3 Å². The molecule has 2 aromatic rings. The molecule has 0 spiro atoms. The summed E-state index contributed by atoms with van der Waals surface area (Å²) in [5.74, 6) is 3.15. The minimum absolute atomic E-state index is 0.111. The summed E-state index contributed by atoms with van der Waals surface area (Å²) < 4.78 is 16.7. The number of fused-ring (bicyclic) bond motifs is 1. The second-order valence-electron chi connectivity index (χ2n) is 7.62. The average molecular weight is 369 g/mol. The van der Waals surface area contributed by atoms with Crippen molar-refractivity contribution in [2.24, 2.45) is 5.92 Å². The summed E-state index contributed by atoms with van der Waals surface area (Å²) >= 11 is 0. The first-order valence-corrected chi connectivity index (χ1v) is 9.80. The lowest BCUT2D eigenvalue weighted by Crippen LogP contribution is -2.41. The van der Waals surface area contributed by atoms with Crippen LogP contribution >= 0.6 is 0 Å². The van der Waals surface area contributed by atoms with Gasteiger partial charge in [-0.05, 0) is 43.9 Å². The smallest absolute Gasteiger partial charge is 0.247 e. The Morgan fingerprint density at radius 2 is 1.89 bits per heavy atom. The summed E-state index contributed by atoms with van der Waals surface area (Å²) in [5, 5.41) is 8.49. The fourth-order valence-corrected chi connectivity index (χ4v) is 4.36. The number of piperidine rings is 1. The third-order valence-corrected chi connectivity index (χ3v) is 5.85. The van der Waals surface area contributed by atoms with Gasteiger partial charge in [-0.1, -0.05) is 12.8 Å². The van der Waals surface area contributed by atoms with E-state index in [-0.39, 0.29) is 18.6 Å². The van der Waals surface area contributed by atoms with Gasteiger partial charge in [-0.15, -0.1) is 10.2 Å². The largest absolute Gasteiger partial charge is 0.454 e. The Morgan fingerprint density at radius 3 is 2.78 bits per heavy atom. The highest BCUT2D eigenvalue weighted by Crippen LogP contribution is 2.36. The number of amides is 1. The highest BCUT2D eigenvalue weighted by Gasteiger charge is 2.33. The van der Waals surface area contributed by atoms with E-state index in [2.05, 4.69) is 10.2 Å². The summed E-state index contributed by atoms with van der Waals surface area (Å²) in [6.07, 6.45) is 6.37. The van der Waals surface area contributed by atoms with Crippen molar-refractivity contribution >= 4 is 5.91 Å². The molecule has 2 aliphatic heterocycles.